The van der Waals surface area contributed by atoms with Crippen LogP contribution in [0.15, 0.2) is 24.3 Å². The topological polar surface area (TPSA) is 80.5 Å². The van der Waals surface area contributed by atoms with Crippen LogP contribution in [-0.2, 0) is 4.74 Å². The van der Waals surface area contributed by atoms with Gasteiger partial charge in [-0.2, -0.15) is 0 Å². The number of carbonyl (C=O) groups is 1. The highest BCUT2D eigenvalue weighted by molar-refractivity contribution is 6.02. The first-order valence-electron chi connectivity index (χ1n) is 8.83. The van der Waals surface area contributed by atoms with Crippen molar-refractivity contribution in [2.75, 3.05) is 25.1 Å². The van der Waals surface area contributed by atoms with Crippen LogP contribution in [0.3, 0.4) is 0 Å². The summed E-state index contributed by atoms with van der Waals surface area (Å²) in [4.78, 5) is 19.4. The standard InChI is InChI=1S/C19H25FN4O2/c1-11-6-7-24(10-17(11)26-3)18-15(19(25)22-12(2)21)9-13-8-14(20)4-5-16(13)23-18/h4-5,8-9,11-12,17H,6-7,10,21H2,1-3H3,(H,22,25)/t11-,12?,17+/m1/s1. The van der Waals surface area contributed by atoms with Crippen LogP contribution in [-0.4, -0.2) is 43.4 Å². The number of hydrogen-bond donors (Lipinski definition) is 2. The number of amides is 1. The number of nitrogens with one attached hydrogen (secondary N) is 1. The number of nitrogens with zero attached hydrogens (tertiary/aromatic N) is 2. The van der Waals surface area contributed by atoms with E-state index in [1.807, 2.05) is 0 Å². The number of anilines is 1. The first-order chi connectivity index (χ1) is 12.4. The second-order valence-electron chi connectivity index (χ2n) is 6.94. The zero-order valence-electron chi connectivity index (χ0n) is 15.3. The lowest BCUT2D eigenvalue weighted by molar-refractivity contribution is 0.0496. The monoisotopic (exact) mass is 360 g/mol. The maximum atomic E-state index is 13.6. The first-order valence-corrected chi connectivity index (χ1v) is 8.83. The Morgan fingerprint density at radius 3 is 2.92 bits per heavy atom. The molecule has 1 unspecified atom stereocenters. The molecule has 0 bridgehead atoms. The van der Waals surface area contributed by atoms with E-state index >= 15 is 0 Å². The van der Waals surface area contributed by atoms with Gasteiger partial charge in [-0.1, -0.05) is 6.92 Å². The van der Waals surface area contributed by atoms with Crippen molar-refractivity contribution in [2.45, 2.75) is 32.5 Å². The van der Waals surface area contributed by atoms with E-state index < -0.39 is 6.17 Å². The van der Waals surface area contributed by atoms with Gasteiger partial charge in [-0.15, -0.1) is 0 Å². The number of fused-ring (bicyclic) bond motifs is 1. The number of halogens is 1. The molecule has 3 rings (SSSR count). The third-order valence-electron chi connectivity index (χ3n) is 4.85. The molecule has 1 amide bonds. The first kappa shape index (κ1) is 18.5. The Hall–Kier alpha value is -2.25. The van der Waals surface area contributed by atoms with Gasteiger partial charge in [0.15, 0.2) is 0 Å². The molecule has 140 valence electrons. The summed E-state index contributed by atoms with van der Waals surface area (Å²) in [6.07, 6.45) is 0.515. The van der Waals surface area contributed by atoms with Gasteiger partial charge in [-0.05, 0) is 43.5 Å². The molecule has 26 heavy (non-hydrogen) atoms. The molecule has 3 N–H and O–H groups in total. The zero-order chi connectivity index (χ0) is 18.8. The van der Waals surface area contributed by atoms with E-state index in [4.69, 9.17) is 10.5 Å². The summed E-state index contributed by atoms with van der Waals surface area (Å²) in [6.45, 7) is 5.27. The summed E-state index contributed by atoms with van der Waals surface area (Å²) in [5.74, 6) is 0.335. The van der Waals surface area contributed by atoms with Crippen LogP contribution in [0.1, 0.15) is 30.6 Å². The maximum Gasteiger partial charge on any atom is 0.256 e. The van der Waals surface area contributed by atoms with Crippen molar-refractivity contribution in [1.82, 2.24) is 10.3 Å². The Morgan fingerprint density at radius 2 is 2.23 bits per heavy atom. The summed E-state index contributed by atoms with van der Waals surface area (Å²) in [7, 11) is 1.70. The number of aromatic nitrogens is 1. The largest absolute Gasteiger partial charge is 0.379 e. The van der Waals surface area contributed by atoms with Crippen LogP contribution in [0.2, 0.25) is 0 Å². The number of ether oxygens (including phenoxy) is 1. The molecule has 0 saturated carbocycles. The average molecular weight is 360 g/mol. The lowest BCUT2D eigenvalue weighted by Crippen LogP contribution is -2.45. The van der Waals surface area contributed by atoms with Gasteiger partial charge in [-0.3, -0.25) is 4.79 Å². The summed E-state index contributed by atoms with van der Waals surface area (Å²) < 4.78 is 19.2. The normalized spacial score (nSPS) is 21.7. The van der Waals surface area contributed by atoms with Crippen molar-refractivity contribution in [3.8, 4) is 0 Å². The fourth-order valence-electron chi connectivity index (χ4n) is 3.36. The molecule has 1 aromatic carbocycles. The number of hydrogen-bond acceptors (Lipinski definition) is 5. The Morgan fingerprint density at radius 1 is 1.46 bits per heavy atom. The molecule has 2 aromatic rings. The number of carbonyl (C=O) groups excluding carboxylic acids is 1. The van der Waals surface area contributed by atoms with E-state index in [1.54, 1.807) is 26.2 Å². The van der Waals surface area contributed by atoms with E-state index in [-0.39, 0.29) is 17.8 Å². The quantitative estimate of drug-likeness (QED) is 0.818. The maximum absolute atomic E-state index is 13.6. The van der Waals surface area contributed by atoms with E-state index in [2.05, 4.69) is 22.1 Å². The minimum absolute atomic E-state index is 0.0683. The van der Waals surface area contributed by atoms with E-state index in [0.29, 0.717) is 34.7 Å². The number of rotatable bonds is 4. The Balaban J connectivity index is 2.06. The van der Waals surface area contributed by atoms with Crippen LogP contribution in [0, 0.1) is 11.7 Å². The van der Waals surface area contributed by atoms with E-state index in [9.17, 15) is 9.18 Å². The molecular formula is C19H25FN4O2. The molecular weight excluding hydrogens is 335 g/mol. The second-order valence-corrected chi connectivity index (χ2v) is 6.94. The molecule has 1 aliphatic heterocycles. The van der Waals surface area contributed by atoms with Crippen LogP contribution in [0.5, 0.6) is 0 Å². The van der Waals surface area contributed by atoms with Crippen molar-refractivity contribution in [3.05, 3.63) is 35.6 Å². The number of pyridine rings is 1. The third-order valence-corrected chi connectivity index (χ3v) is 4.85. The van der Waals surface area contributed by atoms with Gasteiger partial charge in [0.05, 0.1) is 23.3 Å². The van der Waals surface area contributed by atoms with Gasteiger partial charge in [0.1, 0.15) is 11.6 Å². The van der Waals surface area contributed by atoms with Crippen LogP contribution in [0.4, 0.5) is 10.2 Å². The third kappa shape index (κ3) is 3.78. The van der Waals surface area contributed by atoms with Gasteiger partial charge in [0.25, 0.3) is 5.91 Å². The predicted molar refractivity (Wildman–Crippen MR) is 99.6 cm³/mol. The summed E-state index contributed by atoms with van der Waals surface area (Å²) >= 11 is 0. The fourth-order valence-corrected chi connectivity index (χ4v) is 3.36. The van der Waals surface area contributed by atoms with Gasteiger partial charge < -0.3 is 20.7 Å². The SMILES string of the molecule is CO[C@H]1CN(c2nc3ccc(F)cc3cc2C(=O)NC(C)N)CC[C@H]1C. The zero-order valence-corrected chi connectivity index (χ0v) is 15.3. The predicted octanol–water partition coefficient (Wildman–Crippen LogP) is 2.27. The van der Waals surface area contributed by atoms with Crippen LogP contribution >= 0.6 is 0 Å². The second kappa shape index (κ2) is 7.55. The summed E-state index contributed by atoms with van der Waals surface area (Å²) in [5.41, 5.74) is 6.75. The smallest absolute Gasteiger partial charge is 0.256 e. The van der Waals surface area contributed by atoms with Crippen molar-refractivity contribution < 1.29 is 13.9 Å². The highest BCUT2D eigenvalue weighted by Gasteiger charge is 2.29. The molecule has 1 aromatic heterocycles. The number of methoxy groups -OCH3 is 1. The fraction of sp³-hybridized carbons (Fsp3) is 0.474. The highest BCUT2D eigenvalue weighted by atomic mass is 19.1. The molecule has 7 heteroatoms. The Labute approximate surface area is 152 Å². The molecule has 2 heterocycles. The highest BCUT2D eigenvalue weighted by Crippen LogP contribution is 2.29. The number of benzene rings is 1. The molecule has 1 aliphatic rings. The number of nitrogens with two attached hydrogens (primary N) is 1. The minimum atomic E-state index is -0.494. The lowest BCUT2D eigenvalue weighted by Gasteiger charge is -2.37. The van der Waals surface area contributed by atoms with E-state index in [1.165, 1.54) is 12.1 Å². The minimum Gasteiger partial charge on any atom is -0.379 e. The van der Waals surface area contributed by atoms with Crippen molar-refractivity contribution in [3.63, 3.8) is 0 Å². The molecule has 0 aliphatic carbocycles. The van der Waals surface area contributed by atoms with Gasteiger partial charge >= 0.3 is 0 Å². The Bertz CT molecular complexity index is 811. The number of piperidine rings is 1. The van der Waals surface area contributed by atoms with E-state index in [0.717, 1.165) is 13.0 Å². The van der Waals surface area contributed by atoms with Crippen molar-refractivity contribution in [1.29, 1.82) is 0 Å². The molecule has 0 radical (unpaired) electrons. The van der Waals surface area contributed by atoms with Crippen LogP contribution < -0.4 is 16.0 Å². The molecule has 3 atom stereocenters. The molecule has 0 spiro atoms. The molecule has 6 nitrogen and oxygen atoms in total. The Kier molecular flexibility index (Phi) is 5.38. The van der Waals surface area contributed by atoms with Crippen molar-refractivity contribution >= 4 is 22.6 Å². The lowest BCUT2D eigenvalue weighted by atomic mass is 9.95. The molecule has 1 saturated heterocycles. The summed E-state index contributed by atoms with van der Waals surface area (Å²) in [5, 5.41) is 3.28. The van der Waals surface area contributed by atoms with Gasteiger partial charge in [0, 0.05) is 25.6 Å². The average Bonchev–Trinajstić information content (AvgIpc) is 2.60. The van der Waals surface area contributed by atoms with Gasteiger partial charge in [0.2, 0.25) is 0 Å². The molecule has 1 fully saturated rings. The van der Waals surface area contributed by atoms with Gasteiger partial charge in [-0.25, -0.2) is 9.37 Å². The van der Waals surface area contributed by atoms with Crippen molar-refractivity contribution in [2.24, 2.45) is 11.7 Å². The summed E-state index contributed by atoms with van der Waals surface area (Å²) in [6, 6.07) is 6.06. The van der Waals surface area contributed by atoms with Crippen LogP contribution in [0.25, 0.3) is 10.9 Å².